The molecule has 6 heteroatoms. The monoisotopic (exact) mass is 373 g/mol. The van der Waals surface area contributed by atoms with E-state index in [1.807, 2.05) is 37.3 Å². The van der Waals surface area contributed by atoms with Crippen LogP contribution in [0.15, 0.2) is 52.6 Å². The number of aryl methyl sites for hydroxylation is 1. The number of halogens is 1. The van der Waals surface area contributed by atoms with Gasteiger partial charge in [-0.25, -0.2) is 4.98 Å². The molecule has 0 atom stereocenters. The van der Waals surface area contributed by atoms with Crippen LogP contribution in [-0.2, 0) is 0 Å². The van der Waals surface area contributed by atoms with Gasteiger partial charge in [0.15, 0.2) is 0 Å². The SMILES string of the molecule is Cc1ccc(NC(=O)c2csc(-c3ccncc3)n2)c(Br)c1. The molecule has 0 saturated heterocycles. The molecule has 0 unspecified atom stereocenters. The topological polar surface area (TPSA) is 54.9 Å². The van der Waals surface area contributed by atoms with E-state index >= 15 is 0 Å². The first-order valence-corrected chi connectivity index (χ1v) is 8.24. The largest absolute Gasteiger partial charge is 0.320 e. The number of thiazole rings is 1. The van der Waals surface area contributed by atoms with E-state index in [1.165, 1.54) is 11.3 Å². The highest BCUT2D eigenvalue weighted by Gasteiger charge is 2.13. The lowest BCUT2D eigenvalue weighted by Gasteiger charge is -2.06. The Morgan fingerprint density at radius 1 is 1.23 bits per heavy atom. The minimum atomic E-state index is -0.221. The summed E-state index contributed by atoms with van der Waals surface area (Å²) in [6, 6.07) is 9.52. The van der Waals surface area contributed by atoms with Crippen molar-refractivity contribution in [3.8, 4) is 10.6 Å². The first-order valence-electron chi connectivity index (χ1n) is 6.57. The minimum Gasteiger partial charge on any atom is -0.320 e. The normalized spacial score (nSPS) is 10.5. The lowest BCUT2D eigenvalue weighted by atomic mass is 10.2. The third-order valence-electron chi connectivity index (χ3n) is 3.04. The molecule has 3 rings (SSSR count). The molecule has 0 spiro atoms. The van der Waals surface area contributed by atoms with Gasteiger partial charge in [-0.3, -0.25) is 9.78 Å². The van der Waals surface area contributed by atoms with Crippen molar-refractivity contribution in [1.29, 1.82) is 0 Å². The summed E-state index contributed by atoms with van der Waals surface area (Å²) in [4.78, 5) is 20.7. The first-order chi connectivity index (χ1) is 10.6. The van der Waals surface area contributed by atoms with Gasteiger partial charge in [0.2, 0.25) is 0 Å². The van der Waals surface area contributed by atoms with E-state index in [2.05, 4.69) is 31.2 Å². The lowest BCUT2D eigenvalue weighted by Crippen LogP contribution is -2.12. The molecule has 0 fully saturated rings. The number of hydrogen-bond donors (Lipinski definition) is 1. The molecule has 1 N–H and O–H groups in total. The molecule has 2 aromatic heterocycles. The van der Waals surface area contributed by atoms with Gasteiger partial charge in [0, 0.05) is 27.8 Å². The summed E-state index contributed by atoms with van der Waals surface area (Å²) in [5.41, 5.74) is 3.22. The highest BCUT2D eigenvalue weighted by atomic mass is 79.9. The van der Waals surface area contributed by atoms with Crippen LogP contribution in [0.2, 0.25) is 0 Å². The van der Waals surface area contributed by atoms with Crippen LogP contribution in [0.3, 0.4) is 0 Å². The Bertz CT molecular complexity index is 817. The first kappa shape index (κ1) is 14.9. The van der Waals surface area contributed by atoms with E-state index < -0.39 is 0 Å². The highest BCUT2D eigenvalue weighted by Crippen LogP contribution is 2.26. The van der Waals surface area contributed by atoms with Crippen molar-refractivity contribution in [1.82, 2.24) is 9.97 Å². The predicted molar refractivity (Wildman–Crippen MR) is 92.2 cm³/mol. The average Bonchev–Trinajstić information content (AvgIpc) is 3.01. The Balaban J connectivity index is 1.80. The van der Waals surface area contributed by atoms with Gasteiger partial charge < -0.3 is 5.32 Å². The van der Waals surface area contributed by atoms with Crippen LogP contribution >= 0.6 is 27.3 Å². The lowest BCUT2D eigenvalue weighted by molar-refractivity contribution is 0.102. The number of nitrogens with one attached hydrogen (secondary N) is 1. The Kier molecular flexibility index (Phi) is 4.31. The van der Waals surface area contributed by atoms with Crippen molar-refractivity contribution in [2.45, 2.75) is 6.92 Å². The second kappa shape index (κ2) is 6.37. The van der Waals surface area contributed by atoms with Crippen molar-refractivity contribution in [3.63, 3.8) is 0 Å². The van der Waals surface area contributed by atoms with Gasteiger partial charge >= 0.3 is 0 Å². The summed E-state index contributed by atoms with van der Waals surface area (Å²) in [7, 11) is 0. The average molecular weight is 374 g/mol. The van der Waals surface area contributed by atoms with Gasteiger partial charge in [0.25, 0.3) is 5.91 Å². The van der Waals surface area contributed by atoms with E-state index in [4.69, 9.17) is 0 Å². The number of rotatable bonds is 3. The molecule has 0 aliphatic carbocycles. The molecule has 0 aliphatic heterocycles. The fourth-order valence-electron chi connectivity index (χ4n) is 1.91. The van der Waals surface area contributed by atoms with Gasteiger partial charge in [-0.15, -0.1) is 11.3 Å². The summed E-state index contributed by atoms with van der Waals surface area (Å²) < 4.78 is 0.852. The van der Waals surface area contributed by atoms with Crippen LogP contribution in [0.25, 0.3) is 10.6 Å². The summed E-state index contributed by atoms with van der Waals surface area (Å²) in [5, 5.41) is 5.42. The fourth-order valence-corrected chi connectivity index (χ4v) is 3.31. The number of amides is 1. The Morgan fingerprint density at radius 2 is 2.00 bits per heavy atom. The number of hydrogen-bond acceptors (Lipinski definition) is 4. The maximum atomic E-state index is 12.3. The second-order valence-electron chi connectivity index (χ2n) is 4.71. The number of benzene rings is 1. The standard InChI is InChI=1S/C16H12BrN3OS/c1-10-2-3-13(12(17)8-10)19-15(21)14-9-22-16(20-14)11-4-6-18-7-5-11/h2-9H,1H3,(H,19,21). The van der Waals surface area contributed by atoms with Crippen molar-refractivity contribution in [3.05, 3.63) is 63.8 Å². The minimum absolute atomic E-state index is 0.221. The van der Waals surface area contributed by atoms with E-state index in [1.54, 1.807) is 17.8 Å². The quantitative estimate of drug-likeness (QED) is 0.733. The van der Waals surface area contributed by atoms with E-state index in [9.17, 15) is 4.79 Å². The second-order valence-corrected chi connectivity index (χ2v) is 6.42. The summed E-state index contributed by atoms with van der Waals surface area (Å²) in [6.45, 7) is 2.00. The zero-order valence-corrected chi connectivity index (χ0v) is 14.1. The predicted octanol–water partition coefficient (Wildman–Crippen LogP) is 4.53. The molecular formula is C16H12BrN3OS. The van der Waals surface area contributed by atoms with Crippen LogP contribution in [0, 0.1) is 6.92 Å². The zero-order valence-electron chi connectivity index (χ0n) is 11.7. The number of carbonyl (C=O) groups excluding carboxylic acids is 1. The van der Waals surface area contributed by atoms with Crippen molar-refractivity contribution < 1.29 is 4.79 Å². The smallest absolute Gasteiger partial charge is 0.275 e. The van der Waals surface area contributed by atoms with E-state index in [0.29, 0.717) is 5.69 Å². The zero-order chi connectivity index (χ0) is 15.5. The third-order valence-corrected chi connectivity index (χ3v) is 4.58. The van der Waals surface area contributed by atoms with Gasteiger partial charge in [-0.1, -0.05) is 6.07 Å². The van der Waals surface area contributed by atoms with Crippen LogP contribution in [-0.4, -0.2) is 15.9 Å². The van der Waals surface area contributed by atoms with Crippen molar-refractivity contribution in [2.75, 3.05) is 5.32 Å². The Labute approximate surface area is 140 Å². The molecule has 3 aromatic rings. The molecule has 1 aromatic carbocycles. The molecular weight excluding hydrogens is 362 g/mol. The van der Waals surface area contributed by atoms with Crippen LogP contribution in [0.4, 0.5) is 5.69 Å². The Morgan fingerprint density at radius 3 is 2.73 bits per heavy atom. The maximum Gasteiger partial charge on any atom is 0.275 e. The molecule has 0 radical (unpaired) electrons. The van der Waals surface area contributed by atoms with Crippen molar-refractivity contribution >= 4 is 38.9 Å². The molecule has 22 heavy (non-hydrogen) atoms. The number of anilines is 1. The van der Waals surface area contributed by atoms with Crippen molar-refractivity contribution in [2.24, 2.45) is 0 Å². The molecule has 110 valence electrons. The highest BCUT2D eigenvalue weighted by molar-refractivity contribution is 9.10. The third kappa shape index (κ3) is 3.23. The Hall–Kier alpha value is -2.05. The van der Waals surface area contributed by atoms with Crippen LogP contribution in [0.5, 0.6) is 0 Å². The molecule has 0 saturated carbocycles. The maximum absolute atomic E-state index is 12.3. The number of aromatic nitrogens is 2. The molecule has 0 aliphatic rings. The molecule has 4 nitrogen and oxygen atoms in total. The summed E-state index contributed by atoms with van der Waals surface area (Å²) in [5.74, 6) is -0.221. The molecule has 2 heterocycles. The summed E-state index contributed by atoms with van der Waals surface area (Å²) >= 11 is 4.89. The van der Waals surface area contributed by atoms with Gasteiger partial charge in [0.1, 0.15) is 10.7 Å². The van der Waals surface area contributed by atoms with Crippen LogP contribution < -0.4 is 5.32 Å². The van der Waals surface area contributed by atoms with E-state index in [-0.39, 0.29) is 5.91 Å². The van der Waals surface area contributed by atoms with Gasteiger partial charge in [-0.2, -0.15) is 0 Å². The number of carbonyl (C=O) groups is 1. The number of nitrogens with zero attached hydrogens (tertiary/aromatic N) is 2. The fraction of sp³-hybridized carbons (Fsp3) is 0.0625. The summed E-state index contributed by atoms with van der Waals surface area (Å²) in [6.07, 6.45) is 3.42. The molecule has 0 bridgehead atoms. The van der Waals surface area contributed by atoms with Gasteiger partial charge in [-0.05, 0) is 52.7 Å². The number of pyridine rings is 1. The van der Waals surface area contributed by atoms with E-state index in [0.717, 1.165) is 26.3 Å². The van der Waals surface area contributed by atoms with Crippen LogP contribution in [0.1, 0.15) is 16.1 Å². The molecule has 1 amide bonds. The van der Waals surface area contributed by atoms with Gasteiger partial charge in [0.05, 0.1) is 5.69 Å².